The molecule has 5 heteroatoms. The van der Waals surface area contributed by atoms with Crippen LogP contribution in [0.5, 0.6) is 5.75 Å². The van der Waals surface area contributed by atoms with Gasteiger partial charge in [0.25, 0.3) is 0 Å². The third-order valence-corrected chi connectivity index (χ3v) is 1.86. The van der Waals surface area contributed by atoms with Crippen molar-refractivity contribution in [2.24, 2.45) is 5.10 Å². The zero-order valence-corrected chi connectivity index (χ0v) is 8.24. The predicted octanol–water partition coefficient (Wildman–Crippen LogP) is 1.17. The minimum absolute atomic E-state index is 0.830. The van der Waals surface area contributed by atoms with Gasteiger partial charge >= 0.3 is 0 Å². The number of nitrogens with zero attached hydrogens (tertiary/aromatic N) is 4. The number of hydrogen-bond donors (Lipinski definition) is 0. The van der Waals surface area contributed by atoms with Gasteiger partial charge in [-0.05, 0) is 29.8 Å². The quantitative estimate of drug-likeness (QED) is 0.702. The highest BCUT2D eigenvalue weighted by Crippen LogP contribution is 2.09. The summed E-state index contributed by atoms with van der Waals surface area (Å²) in [6.45, 7) is 0. The van der Waals surface area contributed by atoms with E-state index in [4.69, 9.17) is 4.74 Å². The first-order valence-corrected chi connectivity index (χ1v) is 4.41. The van der Waals surface area contributed by atoms with Gasteiger partial charge in [-0.1, -0.05) is 0 Å². The molecule has 76 valence electrons. The van der Waals surface area contributed by atoms with Crippen LogP contribution in [-0.4, -0.2) is 28.2 Å². The van der Waals surface area contributed by atoms with Crippen LogP contribution in [0.25, 0.3) is 0 Å². The average Bonchev–Trinajstić information content (AvgIpc) is 2.80. The van der Waals surface area contributed by atoms with Crippen LogP contribution < -0.4 is 4.74 Å². The van der Waals surface area contributed by atoms with Gasteiger partial charge in [0.05, 0.1) is 13.3 Å². The minimum Gasteiger partial charge on any atom is -0.497 e. The summed E-state index contributed by atoms with van der Waals surface area (Å²) < 4.78 is 6.58. The highest BCUT2D eigenvalue weighted by molar-refractivity contribution is 5.79. The maximum absolute atomic E-state index is 5.05. The van der Waals surface area contributed by atoms with E-state index in [2.05, 4.69) is 15.3 Å². The summed E-state index contributed by atoms with van der Waals surface area (Å²) in [5, 5.41) is 11.4. The topological polar surface area (TPSA) is 52.3 Å². The second kappa shape index (κ2) is 4.36. The van der Waals surface area contributed by atoms with Crippen molar-refractivity contribution in [3.63, 3.8) is 0 Å². The number of rotatable bonds is 3. The van der Waals surface area contributed by atoms with Crippen molar-refractivity contribution in [1.82, 2.24) is 14.9 Å². The standard InChI is InChI=1S/C10H10N4O/c1-15-10-4-2-9(3-5-10)6-13-14-7-11-12-8-14/h2-8H,1H3/b13-6+. The lowest BCUT2D eigenvalue weighted by Gasteiger charge is -1.98. The molecule has 0 atom stereocenters. The van der Waals surface area contributed by atoms with E-state index < -0.39 is 0 Å². The van der Waals surface area contributed by atoms with E-state index in [0.717, 1.165) is 11.3 Å². The van der Waals surface area contributed by atoms with Gasteiger partial charge in [0.2, 0.25) is 0 Å². The molecule has 15 heavy (non-hydrogen) atoms. The van der Waals surface area contributed by atoms with Crippen LogP contribution >= 0.6 is 0 Å². The van der Waals surface area contributed by atoms with Crippen molar-refractivity contribution in [1.29, 1.82) is 0 Å². The third-order valence-electron chi connectivity index (χ3n) is 1.86. The van der Waals surface area contributed by atoms with Crippen molar-refractivity contribution in [2.75, 3.05) is 7.11 Å². The Labute approximate surface area is 87.0 Å². The van der Waals surface area contributed by atoms with Crippen LogP contribution in [0, 0.1) is 0 Å². The second-order valence-electron chi connectivity index (χ2n) is 2.86. The first-order valence-electron chi connectivity index (χ1n) is 4.41. The molecule has 2 aromatic rings. The fourth-order valence-corrected chi connectivity index (χ4v) is 1.08. The van der Waals surface area contributed by atoms with Gasteiger partial charge in [0.1, 0.15) is 18.4 Å². The molecule has 5 nitrogen and oxygen atoms in total. The van der Waals surface area contributed by atoms with Gasteiger partial charge in [-0.3, -0.25) is 0 Å². The molecule has 0 amide bonds. The lowest BCUT2D eigenvalue weighted by atomic mass is 10.2. The Morgan fingerprint density at radius 3 is 2.47 bits per heavy atom. The van der Waals surface area contributed by atoms with Crippen LogP contribution in [0.1, 0.15) is 5.56 Å². The molecule has 0 aliphatic carbocycles. The Hall–Kier alpha value is -2.17. The minimum atomic E-state index is 0.830. The van der Waals surface area contributed by atoms with Crippen LogP contribution in [0.4, 0.5) is 0 Å². The monoisotopic (exact) mass is 202 g/mol. The third kappa shape index (κ3) is 2.40. The summed E-state index contributed by atoms with van der Waals surface area (Å²) >= 11 is 0. The molecule has 0 saturated carbocycles. The zero-order chi connectivity index (χ0) is 10.5. The van der Waals surface area contributed by atoms with E-state index >= 15 is 0 Å². The summed E-state index contributed by atoms with van der Waals surface area (Å²) in [5.74, 6) is 0.830. The molecule has 0 fully saturated rings. The Balaban J connectivity index is 2.11. The highest BCUT2D eigenvalue weighted by atomic mass is 16.5. The highest BCUT2D eigenvalue weighted by Gasteiger charge is 1.90. The molecule has 0 bridgehead atoms. The lowest BCUT2D eigenvalue weighted by Crippen LogP contribution is -1.88. The second-order valence-corrected chi connectivity index (χ2v) is 2.86. The van der Waals surface area contributed by atoms with Gasteiger partial charge in [-0.25, -0.2) is 4.68 Å². The van der Waals surface area contributed by atoms with E-state index in [1.807, 2.05) is 24.3 Å². The summed E-state index contributed by atoms with van der Waals surface area (Å²) in [6, 6.07) is 7.61. The van der Waals surface area contributed by atoms with Gasteiger partial charge in [0.15, 0.2) is 0 Å². The van der Waals surface area contributed by atoms with Crippen LogP contribution in [0.3, 0.4) is 0 Å². The smallest absolute Gasteiger partial charge is 0.141 e. The molecule has 0 aliphatic rings. The molecule has 1 aromatic carbocycles. The molecule has 0 spiro atoms. The average molecular weight is 202 g/mol. The molecule has 0 radical (unpaired) electrons. The lowest BCUT2D eigenvalue weighted by molar-refractivity contribution is 0.415. The fraction of sp³-hybridized carbons (Fsp3) is 0.100. The van der Waals surface area contributed by atoms with E-state index in [0.29, 0.717) is 0 Å². The maximum atomic E-state index is 5.05. The first-order chi connectivity index (χ1) is 7.38. The molecule has 0 unspecified atom stereocenters. The number of ether oxygens (including phenoxy) is 1. The van der Waals surface area contributed by atoms with Gasteiger partial charge in [-0.15, -0.1) is 10.2 Å². The molecule has 1 heterocycles. The normalized spacial score (nSPS) is 10.7. The SMILES string of the molecule is COc1ccc(/C=N/n2cnnc2)cc1. The van der Waals surface area contributed by atoms with Crippen molar-refractivity contribution in [3.8, 4) is 5.75 Å². The number of hydrogen-bond acceptors (Lipinski definition) is 4. The van der Waals surface area contributed by atoms with E-state index in [1.165, 1.54) is 17.3 Å². The zero-order valence-electron chi connectivity index (χ0n) is 8.24. The molecule has 0 aliphatic heterocycles. The van der Waals surface area contributed by atoms with E-state index in [9.17, 15) is 0 Å². The van der Waals surface area contributed by atoms with E-state index in [-0.39, 0.29) is 0 Å². The van der Waals surface area contributed by atoms with Crippen LogP contribution in [-0.2, 0) is 0 Å². The van der Waals surface area contributed by atoms with Crippen molar-refractivity contribution < 1.29 is 4.74 Å². The largest absolute Gasteiger partial charge is 0.497 e. The van der Waals surface area contributed by atoms with E-state index in [1.54, 1.807) is 13.3 Å². The van der Waals surface area contributed by atoms with Crippen LogP contribution in [0.2, 0.25) is 0 Å². The Morgan fingerprint density at radius 2 is 1.87 bits per heavy atom. The summed E-state index contributed by atoms with van der Waals surface area (Å²) in [4.78, 5) is 0. The number of benzene rings is 1. The Kier molecular flexibility index (Phi) is 2.73. The summed E-state index contributed by atoms with van der Waals surface area (Å²) in [6.07, 6.45) is 4.78. The summed E-state index contributed by atoms with van der Waals surface area (Å²) in [5.41, 5.74) is 0.990. The molecular formula is C10H10N4O. The molecule has 0 N–H and O–H groups in total. The number of aromatic nitrogens is 3. The van der Waals surface area contributed by atoms with Gasteiger partial charge in [0, 0.05) is 0 Å². The Morgan fingerprint density at radius 1 is 1.20 bits per heavy atom. The maximum Gasteiger partial charge on any atom is 0.141 e. The summed E-state index contributed by atoms with van der Waals surface area (Å²) in [7, 11) is 1.64. The van der Waals surface area contributed by atoms with Gasteiger partial charge < -0.3 is 4.74 Å². The van der Waals surface area contributed by atoms with Crippen molar-refractivity contribution in [2.45, 2.75) is 0 Å². The fourth-order valence-electron chi connectivity index (χ4n) is 1.08. The Bertz CT molecular complexity index is 433. The van der Waals surface area contributed by atoms with Gasteiger partial charge in [-0.2, -0.15) is 5.10 Å². The molecular weight excluding hydrogens is 192 g/mol. The van der Waals surface area contributed by atoms with Crippen LogP contribution in [0.15, 0.2) is 42.0 Å². The first kappa shape index (κ1) is 9.39. The number of methoxy groups -OCH3 is 1. The molecule has 0 saturated heterocycles. The van der Waals surface area contributed by atoms with Crippen molar-refractivity contribution in [3.05, 3.63) is 42.5 Å². The predicted molar refractivity (Wildman–Crippen MR) is 56.0 cm³/mol. The molecule has 1 aromatic heterocycles. The van der Waals surface area contributed by atoms with Crippen molar-refractivity contribution >= 4 is 6.21 Å². The molecule has 2 rings (SSSR count).